The first-order chi connectivity index (χ1) is 9.52. The summed E-state index contributed by atoms with van der Waals surface area (Å²) in [6.45, 7) is 11.1. The molecular weight excluding hydrogens is 266 g/mol. The van der Waals surface area contributed by atoms with Crippen molar-refractivity contribution in [2.24, 2.45) is 5.92 Å². The molecule has 1 aromatic heterocycles. The first kappa shape index (κ1) is 15.3. The molecule has 0 aliphatic heterocycles. The normalized spacial score (nSPS) is 11.8. The molecule has 20 heavy (non-hydrogen) atoms. The molecule has 0 saturated heterocycles. The van der Waals surface area contributed by atoms with Crippen LogP contribution in [0.5, 0.6) is 5.75 Å². The molecular formula is C17H25NOS. The van der Waals surface area contributed by atoms with E-state index >= 15 is 0 Å². The Labute approximate surface area is 126 Å². The number of hydrogen-bond donors (Lipinski definition) is 1. The van der Waals surface area contributed by atoms with Crippen molar-refractivity contribution in [3.63, 3.8) is 0 Å². The zero-order chi connectivity index (χ0) is 14.7. The SMILES string of the molecule is COc1ccc2c(C(C)C)c(CNCC(C)C)sc2c1. The molecule has 110 valence electrons. The van der Waals surface area contributed by atoms with Gasteiger partial charge >= 0.3 is 0 Å². The number of methoxy groups -OCH3 is 1. The Morgan fingerprint density at radius 3 is 2.55 bits per heavy atom. The minimum atomic E-state index is 0.549. The average Bonchev–Trinajstić information content (AvgIpc) is 2.75. The van der Waals surface area contributed by atoms with Gasteiger partial charge in [-0.25, -0.2) is 0 Å². The third-order valence-electron chi connectivity index (χ3n) is 3.43. The van der Waals surface area contributed by atoms with E-state index in [2.05, 4.69) is 51.2 Å². The van der Waals surface area contributed by atoms with Gasteiger partial charge in [-0.2, -0.15) is 0 Å². The van der Waals surface area contributed by atoms with Gasteiger partial charge in [0.1, 0.15) is 5.75 Å². The second kappa shape index (κ2) is 6.59. The van der Waals surface area contributed by atoms with E-state index in [-0.39, 0.29) is 0 Å². The lowest BCUT2D eigenvalue weighted by Crippen LogP contribution is -2.19. The van der Waals surface area contributed by atoms with Gasteiger partial charge in [0.25, 0.3) is 0 Å². The molecule has 1 aromatic carbocycles. The number of thiophene rings is 1. The van der Waals surface area contributed by atoms with Gasteiger partial charge in [-0.05, 0) is 47.5 Å². The highest BCUT2D eigenvalue weighted by Crippen LogP contribution is 2.37. The minimum absolute atomic E-state index is 0.549. The molecule has 2 rings (SSSR count). The van der Waals surface area contributed by atoms with Gasteiger partial charge in [0.05, 0.1) is 7.11 Å². The van der Waals surface area contributed by atoms with Gasteiger partial charge in [-0.3, -0.25) is 0 Å². The Morgan fingerprint density at radius 1 is 1.20 bits per heavy atom. The summed E-state index contributed by atoms with van der Waals surface area (Å²) in [5.41, 5.74) is 1.49. The number of benzene rings is 1. The van der Waals surface area contributed by atoms with Gasteiger partial charge < -0.3 is 10.1 Å². The topological polar surface area (TPSA) is 21.3 Å². The number of fused-ring (bicyclic) bond motifs is 1. The van der Waals surface area contributed by atoms with Crippen LogP contribution >= 0.6 is 11.3 Å². The zero-order valence-electron chi connectivity index (χ0n) is 13.1. The molecule has 0 aliphatic rings. The van der Waals surface area contributed by atoms with Crippen molar-refractivity contribution in [2.45, 2.75) is 40.2 Å². The summed E-state index contributed by atoms with van der Waals surface area (Å²) in [6.07, 6.45) is 0. The second-order valence-electron chi connectivity index (χ2n) is 5.98. The Hall–Kier alpha value is -1.06. The summed E-state index contributed by atoms with van der Waals surface area (Å²) in [6, 6.07) is 6.41. The summed E-state index contributed by atoms with van der Waals surface area (Å²) in [5.74, 6) is 2.18. The fraction of sp³-hybridized carbons (Fsp3) is 0.529. The highest BCUT2D eigenvalue weighted by molar-refractivity contribution is 7.19. The highest BCUT2D eigenvalue weighted by atomic mass is 32.1. The van der Waals surface area contributed by atoms with Crippen LogP contribution in [0.1, 0.15) is 44.1 Å². The smallest absolute Gasteiger partial charge is 0.120 e. The quantitative estimate of drug-likeness (QED) is 0.827. The summed E-state index contributed by atoms with van der Waals surface area (Å²) < 4.78 is 6.66. The van der Waals surface area contributed by atoms with Crippen molar-refractivity contribution in [3.8, 4) is 5.75 Å². The largest absolute Gasteiger partial charge is 0.497 e. The fourth-order valence-corrected chi connectivity index (χ4v) is 3.87. The molecule has 2 aromatic rings. The highest BCUT2D eigenvalue weighted by Gasteiger charge is 2.15. The van der Waals surface area contributed by atoms with Crippen LogP contribution in [0, 0.1) is 5.92 Å². The predicted molar refractivity (Wildman–Crippen MR) is 89.0 cm³/mol. The average molecular weight is 291 g/mol. The van der Waals surface area contributed by atoms with Crippen LogP contribution in [-0.2, 0) is 6.54 Å². The van der Waals surface area contributed by atoms with E-state index in [9.17, 15) is 0 Å². The van der Waals surface area contributed by atoms with Crippen molar-refractivity contribution < 1.29 is 4.74 Å². The van der Waals surface area contributed by atoms with Gasteiger partial charge in [0, 0.05) is 16.1 Å². The van der Waals surface area contributed by atoms with E-state index in [1.54, 1.807) is 7.11 Å². The van der Waals surface area contributed by atoms with Gasteiger partial charge in [-0.15, -0.1) is 11.3 Å². The zero-order valence-corrected chi connectivity index (χ0v) is 13.9. The minimum Gasteiger partial charge on any atom is -0.497 e. The Morgan fingerprint density at radius 2 is 1.95 bits per heavy atom. The summed E-state index contributed by atoms with van der Waals surface area (Å²) >= 11 is 1.89. The maximum Gasteiger partial charge on any atom is 0.120 e. The maximum atomic E-state index is 5.34. The van der Waals surface area contributed by atoms with Crippen molar-refractivity contribution in [3.05, 3.63) is 28.6 Å². The van der Waals surface area contributed by atoms with Crippen molar-refractivity contribution in [1.82, 2.24) is 5.32 Å². The first-order valence-corrected chi connectivity index (χ1v) is 8.14. The summed E-state index contributed by atoms with van der Waals surface area (Å²) in [7, 11) is 1.73. The molecule has 3 heteroatoms. The van der Waals surface area contributed by atoms with Crippen LogP contribution in [0.15, 0.2) is 18.2 Å². The van der Waals surface area contributed by atoms with Crippen molar-refractivity contribution in [1.29, 1.82) is 0 Å². The monoisotopic (exact) mass is 291 g/mol. The molecule has 0 unspecified atom stereocenters. The van der Waals surface area contributed by atoms with E-state index in [0.717, 1.165) is 18.8 Å². The lowest BCUT2D eigenvalue weighted by Gasteiger charge is -2.10. The molecule has 0 bridgehead atoms. The molecule has 0 radical (unpaired) electrons. The fourth-order valence-electron chi connectivity index (χ4n) is 2.51. The van der Waals surface area contributed by atoms with Crippen molar-refractivity contribution in [2.75, 3.05) is 13.7 Å². The number of hydrogen-bond acceptors (Lipinski definition) is 3. The van der Waals surface area contributed by atoms with Crippen LogP contribution < -0.4 is 10.1 Å². The lowest BCUT2D eigenvalue weighted by molar-refractivity contribution is 0.415. The van der Waals surface area contributed by atoms with Gasteiger partial charge in [-0.1, -0.05) is 27.7 Å². The van der Waals surface area contributed by atoms with Crippen LogP contribution in [0.25, 0.3) is 10.1 Å². The van der Waals surface area contributed by atoms with Crippen LogP contribution in [0.4, 0.5) is 0 Å². The van der Waals surface area contributed by atoms with Crippen LogP contribution in [-0.4, -0.2) is 13.7 Å². The third-order valence-corrected chi connectivity index (χ3v) is 4.60. The lowest BCUT2D eigenvalue weighted by atomic mass is 9.99. The molecule has 0 saturated carbocycles. The van der Waals surface area contributed by atoms with Gasteiger partial charge in [0.2, 0.25) is 0 Å². The molecule has 0 fully saturated rings. The second-order valence-corrected chi connectivity index (χ2v) is 7.12. The molecule has 0 spiro atoms. The number of nitrogens with one attached hydrogen (secondary N) is 1. The molecule has 2 nitrogen and oxygen atoms in total. The first-order valence-electron chi connectivity index (χ1n) is 7.33. The summed E-state index contributed by atoms with van der Waals surface area (Å²) in [4.78, 5) is 1.46. The Balaban J connectivity index is 2.34. The standard InChI is InChI=1S/C17H25NOS/c1-11(2)9-18-10-16-17(12(3)4)14-7-6-13(19-5)8-15(14)20-16/h6-8,11-12,18H,9-10H2,1-5H3. The maximum absolute atomic E-state index is 5.34. The van der Waals surface area contributed by atoms with E-state index in [1.165, 1.54) is 20.5 Å². The molecule has 1 heterocycles. The molecule has 0 aliphatic carbocycles. The molecule has 1 N–H and O–H groups in total. The van der Waals surface area contributed by atoms with E-state index in [4.69, 9.17) is 4.74 Å². The van der Waals surface area contributed by atoms with E-state index in [1.807, 2.05) is 11.3 Å². The number of ether oxygens (including phenoxy) is 1. The van der Waals surface area contributed by atoms with Crippen LogP contribution in [0.3, 0.4) is 0 Å². The van der Waals surface area contributed by atoms with Crippen LogP contribution in [0.2, 0.25) is 0 Å². The predicted octanol–water partition coefficient (Wildman–Crippen LogP) is 4.78. The third kappa shape index (κ3) is 3.33. The Kier molecular flexibility index (Phi) is 5.06. The molecule has 0 amide bonds. The molecule has 0 atom stereocenters. The Bertz CT molecular complexity index is 572. The van der Waals surface area contributed by atoms with Crippen molar-refractivity contribution >= 4 is 21.4 Å². The van der Waals surface area contributed by atoms with Gasteiger partial charge in [0.15, 0.2) is 0 Å². The van der Waals surface area contributed by atoms with E-state index in [0.29, 0.717) is 11.8 Å². The number of rotatable bonds is 6. The van der Waals surface area contributed by atoms with E-state index < -0.39 is 0 Å². The summed E-state index contributed by atoms with van der Waals surface area (Å²) in [5, 5.41) is 4.95.